The summed E-state index contributed by atoms with van der Waals surface area (Å²) in [6, 6.07) is 12.0. The highest BCUT2D eigenvalue weighted by Gasteiger charge is 2.26. The Hall–Kier alpha value is -3.16. The van der Waals surface area contributed by atoms with Gasteiger partial charge in [0.2, 0.25) is 17.7 Å². The minimum Gasteiger partial charge on any atom is -0.353 e. The molecule has 2 aliphatic rings. The highest BCUT2D eigenvalue weighted by molar-refractivity contribution is 8.24. The van der Waals surface area contributed by atoms with Gasteiger partial charge in [0.15, 0.2) is 0 Å². The van der Waals surface area contributed by atoms with Gasteiger partial charge < -0.3 is 20.9 Å². The fraction of sp³-hybridized carbons (Fsp3) is 0.429. The molecule has 2 aliphatic heterocycles. The van der Waals surface area contributed by atoms with Gasteiger partial charge in [0.1, 0.15) is 6.04 Å². The first-order chi connectivity index (χ1) is 19.6. The van der Waals surface area contributed by atoms with Crippen molar-refractivity contribution in [2.45, 2.75) is 31.7 Å². The predicted octanol–water partition coefficient (Wildman–Crippen LogP) is 3.17. The quantitative estimate of drug-likeness (QED) is 0.279. The smallest absolute Gasteiger partial charge is 0.251 e. The van der Waals surface area contributed by atoms with E-state index >= 15 is 0 Å². The summed E-state index contributed by atoms with van der Waals surface area (Å²) in [5, 5.41) is 8.69. The van der Waals surface area contributed by atoms with Crippen molar-refractivity contribution in [2.24, 2.45) is 0 Å². The molecular formula is C28H36ClN5O6S. The molecule has 0 saturated carbocycles. The van der Waals surface area contributed by atoms with E-state index < -0.39 is 34.4 Å². The number of carbonyl (C=O) groups is 4. The molecule has 11 nitrogen and oxygen atoms in total. The molecule has 13 heteroatoms. The van der Waals surface area contributed by atoms with Crippen LogP contribution in [0.3, 0.4) is 0 Å². The molecule has 0 aromatic heterocycles. The molecule has 2 aromatic carbocycles. The number of nitrogens with zero attached hydrogens (tertiary/aromatic N) is 2. The zero-order chi connectivity index (χ0) is 29.4. The second-order valence-corrected chi connectivity index (χ2v) is 13.0. The molecule has 0 spiro atoms. The zero-order valence-corrected chi connectivity index (χ0v) is 24.3. The van der Waals surface area contributed by atoms with E-state index in [9.17, 15) is 28.3 Å². The number of amides is 4. The van der Waals surface area contributed by atoms with Gasteiger partial charge in [-0.1, -0.05) is 11.6 Å². The average molecular weight is 606 g/mol. The summed E-state index contributed by atoms with van der Waals surface area (Å²) < 4.78 is 19.6. The lowest BCUT2D eigenvalue weighted by molar-refractivity contribution is -0.126. The van der Waals surface area contributed by atoms with Crippen molar-refractivity contribution in [1.29, 1.82) is 0 Å². The van der Waals surface area contributed by atoms with Crippen LogP contribution in [0.4, 0.5) is 11.4 Å². The van der Waals surface area contributed by atoms with E-state index in [1.54, 1.807) is 53.4 Å². The predicted molar refractivity (Wildman–Crippen MR) is 161 cm³/mol. The second kappa shape index (κ2) is 14.1. The van der Waals surface area contributed by atoms with Crippen molar-refractivity contribution < 1.29 is 28.3 Å². The Bertz CT molecular complexity index is 1230. The molecule has 2 heterocycles. The van der Waals surface area contributed by atoms with Gasteiger partial charge in [0.05, 0.1) is 17.9 Å². The van der Waals surface area contributed by atoms with Gasteiger partial charge >= 0.3 is 0 Å². The van der Waals surface area contributed by atoms with E-state index in [2.05, 4.69) is 16.0 Å². The Morgan fingerprint density at radius 1 is 0.951 bits per heavy atom. The summed E-state index contributed by atoms with van der Waals surface area (Å²) in [7, 11) is -2.51. The summed E-state index contributed by atoms with van der Waals surface area (Å²) in [5.41, 5.74) is 1.51. The fourth-order valence-corrected chi connectivity index (χ4v) is 6.13. The number of carbonyl (C=O) groups excluding carboxylic acids is 4. The van der Waals surface area contributed by atoms with Crippen molar-refractivity contribution >= 4 is 57.2 Å². The lowest BCUT2D eigenvalue weighted by Crippen LogP contribution is -2.50. The molecule has 0 aliphatic carbocycles. The maximum absolute atomic E-state index is 13.1. The first-order valence-electron chi connectivity index (χ1n) is 13.6. The number of halogens is 1. The number of hydrogen-bond donors (Lipinski definition) is 5. The molecule has 1 unspecified atom stereocenters. The Morgan fingerprint density at radius 3 is 2.29 bits per heavy atom. The molecule has 0 radical (unpaired) electrons. The fourth-order valence-electron chi connectivity index (χ4n) is 4.70. The molecule has 2 saturated heterocycles. The molecule has 41 heavy (non-hydrogen) atoms. The van der Waals surface area contributed by atoms with Crippen LogP contribution < -0.4 is 20.9 Å². The lowest BCUT2D eigenvalue weighted by atomic mass is 10.1. The molecular weight excluding hydrogens is 570 g/mol. The Labute approximate surface area is 246 Å². The van der Waals surface area contributed by atoms with Crippen molar-refractivity contribution in [1.82, 2.24) is 15.5 Å². The second-order valence-electron chi connectivity index (χ2n) is 10.2. The highest BCUT2D eigenvalue weighted by atomic mass is 35.5. The van der Waals surface area contributed by atoms with Gasteiger partial charge in [-0.15, -0.1) is 0 Å². The molecule has 0 bridgehead atoms. The maximum Gasteiger partial charge on any atom is 0.251 e. The van der Waals surface area contributed by atoms with Crippen LogP contribution >= 0.6 is 22.2 Å². The van der Waals surface area contributed by atoms with E-state index in [1.807, 2.05) is 4.90 Å². The Kier molecular flexibility index (Phi) is 10.6. The number of nitrogens with one attached hydrogen (secondary N) is 3. The van der Waals surface area contributed by atoms with E-state index in [0.29, 0.717) is 66.1 Å². The summed E-state index contributed by atoms with van der Waals surface area (Å²) in [4.78, 5) is 55.0. The van der Waals surface area contributed by atoms with Gasteiger partial charge in [0, 0.05) is 61.1 Å². The normalized spacial score (nSPS) is 18.7. The lowest BCUT2D eigenvalue weighted by Gasteiger charge is -2.41. The van der Waals surface area contributed by atoms with E-state index in [0.717, 1.165) is 12.8 Å². The topological polar surface area (TPSA) is 151 Å². The summed E-state index contributed by atoms with van der Waals surface area (Å²) in [6.45, 7) is 2.42. The van der Waals surface area contributed by atoms with Crippen molar-refractivity contribution in [3.8, 4) is 0 Å². The number of benzene rings is 2. The third kappa shape index (κ3) is 9.17. The number of hydrogen-bond acceptors (Lipinski definition) is 7. The van der Waals surface area contributed by atoms with Gasteiger partial charge in [-0.3, -0.25) is 33.2 Å². The van der Waals surface area contributed by atoms with Crippen molar-refractivity contribution in [3.05, 3.63) is 59.1 Å². The maximum atomic E-state index is 13.1. The monoisotopic (exact) mass is 605 g/mol. The standard InChI is InChI=1S/C28H36ClN5O6S/c29-21-6-8-22(9-7-21)31-25(35)19-24(28(38)30-12-14-33-15-17-41(39,40)18-16-33)32-27(37)20-4-10-23(11-5-20)34-13-2-1-3-26(34)36/h4-11,24,39-40H,1-3,12-19H2,(H,30,38)(H,31,35)(H,32,37). The molecule has 1 atom stereocenters. The van der Waals surface area contributed by atoms with Crippen LogP contribution in [0.2, 0.25) is 5.02 Å². The number of anilines is 2. The van der Waals surface area contributed by atoms with Gasteiger partial charge in [-0.25, -0.2) is 0 Å². The van der Waals surface area contributed by atoms with E-state index in [1.165, 1.54) is 0 Å². The molecule has 4 amide bonds. The zero-order valence-electron chi connectivity index (χ0n) is 22.7. The SMILES string of the molecule is O=C(CC(NC(=O)c1ccc(N2CCCCC2=O)cc1)C(=O)NCCN1CCS(O)(O)CC1)Nc1ccc(Cl)cc1. The minimum atomic E-state index is -2.51. The molecule has 2 aromatic rings. The van der Waals surface area contributed by atoms with Gasteiger partial charge in [-0.05, 0) is 61.4 Å². The number of rotatable bonds is 10. The summed E-state index contributed by atoms with van der Waals surface area (Å²) in [6.07, 6.45) is 1.99. The van der Waals surface area contributed by atoms with E-state index in [4.69, 9.17) is 11.6 Å². The van der Waals surface area contributed by atoms with Crippen LogP contribution in [0, 0.1) is 0 Å². The Balaban J connectivity index is 1.38. The summed E-state index contributed by atoms with van der Waals surface area (Å²) >= 11 is 5.91. The first-order valence-corrected chi connectivity index (χ1v) is 15.9. The molecule has 4 rings (SSSR count). The van der Waals surface area contributed by atoms with Crippen molar-refractivity contribution in [3.63, 3.8) is 0 Å². The van der Waals surface area contributed by atoms with Crippen LogP contribution in [0.1, 0.15) is 36.0 Å². The molecule has 222 valence electrons. The third-order valence-electron chi connectivity index (χ3n) is 7.10. The van der Waals surface area contributed by atoms with Crippen LogP contribution in [0.5, 0.6) is 0 Å². The van der Waals surface area contributed by atoms with Crippen molar-refractivity contribution in [2.75, 3.05) is 54.4 Å². The van der Waals surface area contributed by atoms with Crippen LogP contribution in [0.25, 0.3) is 0 Å². The highest BCUT2D eigenvalue weighted by Crippen LogP contribution is 2.40. The van der Waals surface area contributed by atoms with Crippen LogP contribution in [-0.4, -0.2) is 87.9 Å². The largest absolute Gasteiger partial charge is 0.353 e. The van der Waals surface area contributed by atoms with Gasteiger partial charge in [0.25, 0.3) is 5.91 Å². The van der Waals surface area contributed by atoms with Crippen LogP contribution in [0.15, 0.2) is 48.5 Å². The van der Waals surface area contributed by atoms with Crippen LogP contribution in [-0.2, 0) is 14.4 Å². The Morgan fingerprint density at radius 2 is 1.63 bits per heavy atom. The first kappa shape index (κ1) is 30.8. The molecule has 5 N–H and O–H groups in total. The molecule has 2 fully saturated rings. The van der Waals surface area contributed by atoms with E-state index in [-0.39, 0.29) is 18.9 Å². The van der Waals surface area contributed by atoms with Gasteiger partial charge in [-0.2, -0.15) is 10.6 Å². The third-order valence-corrected chi connectivity index (χ3v) is 9.02. The minimum absolute atomic E-state index is 0.0507. The number of piperidine rings is 1. The average Bonchev–Trinajstić information content (AvgIpc) is 2.95. The summed E-state index contributed by atoms with van der Waals surface area (Å²) in [5.74, 6) is -0.851.